The Morgan fingerprint density at radius 1 is 0.788 bits per heavy atom. The number of nitrogens with zero attached hydrogens (tertiary/aromatic N) is 2. The first-order chi connectivity index (χ1) is 15.9. The van der Waals surface area contributed by atoms with Crippen LogP contribution in [-0.4, -0.2) is 68.4 Å². The van der Waals surface area contributed by atoms with Gasteiger partial charge in [0, 0.05) is 15.6 Å². The Balaban J connectivity index is 0.000000192. The van der Waals surface area contributed by atoms with Gasteiger partial charge in [-0.05, 0) is 126 Å². The molecule has 0 bridgehead atoms. The Morgan fingerprint density at radius 2 is 1.21 bits per heavy atom. The van der Waals surface area contributed by atoms with Gasteiger partial charge in [0.2, 0.25) is 0 Å². The van der Waals surface area contributed by atoms with Crippen molar-refractivity contribution in [3.63, 3.8) is 0 Å². The zero-order valence-corrected chi connectivity index (χ0v) is 22.9. The lowest BCUT2D eigenvalue weighted by molar-refractivity contribution is 0.148. The van der Waals surface area contributed by atoms with Crippen molar-refractivity contribution in [3.05, 3.63) is 63.3 Å². The van der Waals surface area contributed by atoms with Gasteiger partial charge in [-0.1, -0.05) is 31.9 Å². The third-order valence-electron chi connectivity index (χ3n) is 6.04. The monoisotopic (exact) mass is 586 g/mol. The van der Waals surface area contributed by atoms with Crippen LogP contribution in [0.4, 0.5) is 4.39 Å². The second-order valence-electron chi connectivity index (χ2n) is 8.88. The van der Waals surface area contributed by atoms with Crippen molar-refractivity contribution in [2.75, 3.05) is 53.5 Å². The summed E-state index contributed by atoms with van der Waals surface area (Å²) in [4.78, 5) is 4.70. The molecule has 2 fully saturated rings. The van der Waals surface area contributed by atoms with Crippen LogP contribution in [0.25, 0.3) is 0 Å². The molecule has 0 atom stereocenters. The highest BCUT2D eigenvalue weighted by atomic mass is 79.9. The van der Waals surface area contributed by atoms with Crippen LogP contribution >= 0.6 is 31.9 Å². The topological polar surface area (TPSA) is 35.9 Å². The molecule has 0 saturated carbocycles. The van der Waals surface area contributed by atoms with Gasteiger partial charge in [0.15, 0.2) is 0 Å². The highest BCUT2D eigenvalue weighted by Crippen LogP contribution is 2.20. The van der Waals surface area contributed by atoms with Gasteiger partial charge in [0.25, 0.3) is 0 Å². The van der Waals surface area contributed by atoms with E-state index in [0.717, 1.165) is 40.3 Å². The number of aliphatic hydroxyl groups is 1. The molecule has 0 unspecified atom stereocenters. The summed E-state index contributed by atoms with van der Waals surface area (Å²) in [6, 6.07) is 14.2. The maximum absolute atomic E-state index is 12.1. The smallest absolute Gasteiger partial charge is 0.123 e. The van der Waals surface area contributed by atoms with E-state index in [2.05, 4.69) is 55.8 Å². The summed E-state index contributed by atoms with van der Waals surface area (Å²) in [5.74, 6) is 2.08. The van der Waals surface area contributed by atoms with Crippen LogP contribution in [0.15, 0.2) is 57.5 Å². The molecule has 2 saturated heterocycles. The molecule has 0 radical (unpaired) electrons. The molecule has 0 spiro atoms. The van der Waals surface area contributed by atoms with Gasteiger partial charge in [-0.2, -0.15) is 0 Å². The van der Waals surface area contributed by atoms with Crippen molar-refractivity contribution in [2.24, 2.45) is 11.8 Å². The molecular weight excluding hydrogens is 551 g/mol. The van der Waals surface area contributed by atoms with E-state index in [1.807, 2.05) is 24.3 Å². The summed E-state index contributed by atoms with van der Waals surface area (Å²) in [6.45, 7) is 5.96. The summed E-state index contributed by atoms with van der Waals surface area (Å²) in [6.07, 6.45) is 4.86. The molecule has 4 rings (SSSR count). The average Bonchev–Trinajstić information content (AvgIpc) is 2.83. The quantitative estimate of drug-likeness (QED) is 0.470. The number of halogens is 3. The van der Waals surface area contributed by atoms with Gasteiger partial charge < -0.3 is 19.6 Å². The minimum absolute atomic E-state index is 0.201. The Morgan fingerprint density at radius 3 is 1.64 bits per heavy atom. The van der Waals surface area contributed by atoms with E-state index in [9.17, 15) is 4.39 Å². The van der Waals surface area contributed by atoms with E-state index in [0.29, 0.717) is 12.5 Å². The van der Waals surface area contributed by atoms with Crippen LogP contribution in [0.5, 0.6) is 5.75 Å². The Labute approximate surface area is 215 Å². The van der Waals surface area contributed by atoms with Crippen molar-refractivity contribution < 1.29 is 14.2 Å². The first kappa shape index (κ1) is 28.2. The predicted octanol–water partition coefficient (Wildman–Crippen LogP) is 6.08. The largest absolute Gasteiger partial charge is 0.493 e. The lowest BCUT2D eigenvalue weighted by atomic mass is 9.98. The van der Waals surface area contributed by atoms with Gasteiger partial charge in [-0.3, -0.25) is 0 Å². The van der Waals surface area contributed by atoms with Gasteiger partial charge in [0.1, 0.15) is 11.6 Å². The average molecular weight is 588 g/mol. The Kier molecular flexibility index (Phi) is 13.5. The van der Waals surface area contributed by atoms with Crippen LogP contribution in [0.1, 0.15) is 25.7 Å². The van der Waals surface area contributed by atoms with Crippen LogP contribution in [0.3, 0.4) is 0 Å². The van der Waals surface area contributed by atoms with Crippen molar-refractivity contribution >= 4 is 31.9 Å². The van der Waals surface area contributed by atoms with Crippen LogP contribution in [0.2, 0.25) is 0 Å². The number of benzene rings is 2. The molecule has 2 aliphatic heterocycles. The Bertz CT molecular complexity index is 740. The van der Waals surface area contributed by atoms with Crippen molar-refractivity contribution in [3.8, 4) is 5.75 Å². The standard InChI is InChI=1S/C13H18BrNO.C7H15NO.C6H4BrF/c1-15-8-6-11(7-9-15)10-16-13-4-2-12(14)3-5-13;1-8-4-2-7(6-9)3-5-8;7-5-1-3-6(8)4-2-5/h2-5,11H,6-10H2,1H3;7,9H,2-6H2,1H3;1-4H. The minimum Gasteiger partial charge on any atom is -0.493 e. The number of ether oxygens (including phenoxy) is 1. The number of likely N-dealkylation sites (tertiary alicyclic amines) is 2. The summed E-state index contributed by atoms with van der Waals surface area (Å²) in [5.41, 5.74) is 0. The van der Waals surface area contributed by atoms with Crippen molar-refractivity contribution in [1.29, 1.82) is 0 Å². The van der Waals surface area contributed by atoms with Crippen molar-refractivity contribution in [1.82, 2.24) is 9.80 Å². The minimum atomic E-state index is -0.201. The molecule has 2 aliphatic rings. The van der Waals surface area contributed by atoms with E-state index >= 15 is 0 Å². The highest BCUT2D eigenvalue weighted by Gasteiger charge is 2.17. The van der Waals surface area contributed by atoms with E-state index in [1.165, 1.54) is 50.9 Å². The summed E-state index contributed by atoms with van der Waals surface area (Å²) in [7, 11) is 4.32. The van der Waals surface area contributed by atoms with E-state index in [-0.39, 0.29) is 5.82 Å². The molecule has 2 aromatic carbocycles. The fraction of sp³-hybridized carbons (Fsp3) is 0.538. The third-order valence-corrected chi connectivity index (χ3v) is 7.09. The molecule has 33 heavy (non-hydrogen) atoms. The molecule has 2 aromatic rings. The van der Waals surface area contributed by atoms with Crippen LogP contribution in [-0.2, 0) is 0 Å². The van der Waals surface area contributed by atoms with Gasteiger partial charge in [-0.25, -0.2) is 4.39 Å². The Hall–Kier alpha value is -0.990. The molecule has 7 heteroatoms. The number of rotatable bonds is 4. The third kappa shape index (κ3) is 12.3. The molecule has 0 aliphatic carbocycles. The SMILES string of the molecule is CN1CCC(CO)CC1.CN1CCC(COc2ccc(Br)cc2)CC1.Fc1ccc(Br)cc1. The molecule has 4 nitrogen and oxygen atoms in total. The number of aliphatic hydroxyl groups excluding tert-OH is 1. The molecule has 0 aromatic heterocycles. The second kappa shape index (κ2) is 15.8. The van der Waals surface area contributed by atoms with Gasteiger partial charge in [-0.15, -0.1) is 0 Å². The van der Waals surface area contributed by atoms with E-state index in [1.54, 1.807) is 12.1 Å². The van der Waals surface area contributed by atoms with E-state index < -0.39 is 0 Å². The zero-order chi connectivity index (χ0) is 24.1. The second-order valence-corrected chi connectivity index (χ2v) is 10.7. The summed E-state index contributed by atoms with van der Waals surface area (Å²) in [5, 5.41) is 8.76. The normalized spacial score (nSPS) is 18.0. The molecule has 184 valence electrons. The summed E-state index contributed by atoms with van der Waals surface area (Å²) < 4.78 is 19.9. The lowest BCUT2D eigenvalue weighted by Crippen LogP contribution is -2.32. The number of hydrogen-bond acceptors (Lipinski definition) is 4. The molecular formula is C26H37Br2FN2O2. The van der Waals surface area contributed by atoms with E-state index in [4.69, 9.17) is 9.84 Å². The first-order valence-electron chi connectivity index (χ1n) is 11.6. The van der Waals surface area contributed by atoms with Crippen LogP contribution in [0, 0.1) is 17.7 Å². The molecule has 1 N–H and O–H groups in total. The maximum atomic E-state index is 12.1. The first-order valence-corrected chi connectivity index (χ1v) is 13.2. The number of piperidine rings is 2. The zero-order valence-electron chi connectivity index (χ0n) is 19.7. The van der Waals surface area contributed by atoms with Crippen LogP contribution < -0.4 is 4.74 Å². The predicted molar refractivity (Wildman–Crippen MR) is 141 cm³/mol. The molecule has 0 amide bonds. The number of hydrogen-bond donors (Lipinski definition) is 1. The summed E-state index contributed by atoms with van der Waals surface area (Å²) >= 11 is 6.60. The maximum Gasteiger partial charge on any atom is 0.123 e. The van der Waals surface area contributed by atoms with Gasteiger partial charge >= 0.3 is 0 Å². The van der Waals surface area contributed by atoms with Crippen molar-refractivity contribution in [2.45, 2.75) is 25.7 Å². The fourth-order valence-corrected chi connectivity index (χ4v) is 4.18. The fourth-order valence-electron chi connectivity index (χ4n) is 3.65. The lowest BCUT2D eigenvalue weighted by Gasteiger charge is -2.28. The van der Waals surface area contributed by atoms with Gasteiger partial charge in [0.05, 0.1) is 6.61 Å². The highest BCUT2D eigenvalue weighted by molar-refractivity contribution is 9.10. The molecule has 2 heterocycles.